The predicted octanol–water partition coefficient (Wildman–Crippen LogP) is 4.69. The minimum absolute atomic E-state index is 0.189. The molecule has 3 aromatic carbocycles. The molecule has 4 rings (SSSR count). The number of aromatic nitrogens is 2. The van der Waals surface area contributed by atoms with Crippen LogP contribution in [0.2, 0.25) is 0 Å². The molecule has 0 bridgehead atoms. The highest BCUT2D eigenvalue weighted by Gasteiger charge is 2.22. The topological polar surface area (TPSA) is 98.4 Å². The Kier molecular flexibility index (Phi) is 5.23. The first-order valence-electron chi connectivity index (χ1n) is 9.09. The molecule has 31 heavy (non-hydrogen) atoms. The molecule has 0 spiro atoms. The molecule has 3 N–H and O–H groups in total. The van der Waals surface area contributed by atoms with Crippen molar-refractivity contribution in [3.63, 3.8) is 0 Å². The van der Waals surface area contributed by atoms with Crippen molar-refractivity contribution in [2.24, 2.45) is 5.18 Å². The van der Waals surface area contributed by atoms with Crippen molar-refractivity contribution in [3.8, 4) is 11.4 Å². The summed E-state index contributed by atoms with van der Waals surface area (Å²) >= 11 is 0. The van der Waals surface area contributed by atoms with Gasteiger partial charge in [0.1, 0.15) is 11.5 Å². The summed E-state index contributed by atoms with van der Waals surface area (Å²) in [6.45, 7) is 0. The number of benzene rings is 3. The maximum Gasteiger partial charge on any atom is 0.327 e. The van der Waals surface area contributed by atoms with Crippen molar-refractivity contribution >= 4 is 34.4 Å². The molecule has 0 fully saturated rings. The van der Waals surface area contributed by atoms with Crippen molar-refractivity contribution in [1.29, 1.82) is 0 Å². The number of hydrogen-bond donors (Lipinski definition) is 3. The number of carbonyl (C=O) groups excluding carboxylic acids is 1. The van der Waals surface area contributed by atoms with Gasteiger partial charge in [-0.25, -0.2) is 13.8 Å². The first kappa shape index (κ1) is 19.9. The van der Waals surface area contributed by atoms with E-state index in [2.05, 4.69) is 15.5 Å². The van der Waals surface area contributed by atoms with Crippen LogP contribution in [0.3, 0.4) is 0 Å². The molecule has 0 atom stereocenters. The Morgan fingerprint density at radius 2 is 1.77 bits per heavy atom. The highest BCUT2D eigenvalue weighted by molar-refractivity contribution is 6.02. The lowest BCUT2D eigenvalue weighted by Crippen LogP contribution is -2.30. The van der Waals surface area contributed by atoms with Crippen LogP contribution in [0.5, 0.6) is 0 Å². The standard InChI is InChI=1S/C22H14F2N4O3/c23-15-6-1-13(2-7-15)3-10-21(29)25-16-8-4-14(5-9-16)22-26-19-11-17(24)18(27-30)12-20(19)28(22)31/h1-12,31H,(H,25,26,29,30)/p+1/b10-3+. The molecule has 7 nitrogen and oxygen atoms in total. The summed E-state index contributed by atoms with van der Waals surface area (Å²) in [5.74, 6) is -1.27. The molecule has 0 aliphatic carbocycles. The van der Waals surface area contributed by atoms with Gasteiger partial charge >= 0.3 is 5.82 Å². The predicted molar refractivity (Wildman–Crippen MR) is 111 cm³/mol. The van der Waals surface area contributed by atoms with E-state index in [1.807, 2.05) is 0 Å². The average Bonchev–Trinajstić information content (AvgIpc) is 3.08. The van der Waals surface area contributed by atoms with Crippen molar-refractivity contribution in [2.75, 3.05) is 5.32 Å². The van der Waals surface area contributed by atoms with Gasteiger partial charge in [-0.2, -0.15) is 0 Å². The van der Waals surface area contributed by atoms with Gasteiger partial charge in [0, 0.05) is 23.9 Å². The van der Waals surface area contributed by atoms with Crippen LogP contribution in [0.15, 0.2) is 71.9 Å². The van der Waals surface area contributed by atoms with Crippen LogP contribution < -0.4 is 10.0 Å². The van der Waals surface area contributed by atoms with Gasteiger partial charge in [0.25, 0.3) is 0 Å². The first-order valence-corrected chi connectivity index (χ1v) is 9.09. The van der Waals surface area contributed by atoms with Crippen molar-refractivity contribution < 1.29 is 23.5 Å². The van der Waals surface area contributed by atoms with Gasteiger partial charge in [-0.05, 0) is 57.9 Å². The van der Waals surface area contributed by atoms with Crippen LogP contribution >= 0.6 is 0 Å². The van der Waals surface area contributed by atoms with Crippen molar-refractivity contribution in [1.82, 2.24) is 4.98 Å². The van der Waals surface area contributed by atoms with Crippen molar-refractivity contribution in [2.45, 2.75) is 0 Å². The molecule has 0 radical (unpaired) electrons. The van der Waals surface area contributed by atoms with Gasteiger partial charge in [-0.1, -0.05) is 12.1 Å². The highest BCUT2D eigenvalue weighted by Crippen LogP contribution is 2.25. The lowest BCUT2D eigenvalue weighted by atomic mass is 10.2. The Hall–Kier alpha value is -4.40. The van der Waals surface area contributed by atoms with E-state index in [1.165, 1.54) is 18.2 Å². The number of aromatic amines is 1. The molecule has 154 valence electrons. The summed E-state index contributed by atoms with van der Waals surface area (Å²) in [5, 5.41) is 15.7. The lowest BCUT2D eigenvalue weighted by molar-refractivity contribution is -0.875. The minimum Gasteiger partial charge on any atom is -0.349 e. The van der Waals surface area contributed by atoms with Crippen LogP contribution in [0.1, 0.15) is 5.56 Å². The van der Waals surface area contributed by atoms with Crippen LogP contribution in [-0.2, 0) is 4.79 Å². The Balaban J connectivity index is 1.51. The second-order valence-corrected chi connectivity index (χ2v) is 6.65. The normalized spacial score (nSPS) is 11.2. The molecule has 9 heteroatoms. The number of rotatable bonds is 5. The number of amides is 1. The van der Waals surface area contributed by atoms with Crippen LogP contribution in [0.25, 0.3) is 28.5 Å². The van der Waals surface area contributed by atoms with E-state index < -0.39 is 11.5 Å². The molecule has 1 aromatic heterocycles. The molecular weight excluding hydrogens is 406 g/mol. The van der Waals surface area contributed by atoms with Crippen molar-refractivity contribution in [3.05, 3.63) is 88.8 Å². The number of fused-ring (bicyclic) bond motifs is 1. The van der Waals surface area contributed by atoms with E-state index >= 15 is 0 Å². The third kappa shape index (κ3) is 4.15. The fraction of sp³-hybridized carbons (Fsp3) is 0. The maximum atomic E-state index is 13.8. The van der Waals surface area contributed by atoms with E-state index in [1.54, 1.807) is 42.5 Å². The van der Waals surface area contributed by atoms with Crippen LogP contribution in [0, 0.1) is 16.5 Å². The van der Waals surface area contributed by atoms with Gasteiger partial charge in [0.05, 0.1) is 5.56 Å². The van der Waals surface area contributed by atoms with Gasteiger partial charge in [-0.15, -0.1) is 4.91 Å². The van der Waals surface area contributed by atoms with Crippen LogP contribution in [-0.4, -0.2) is 16.1 Å². The van der Waals surface area contributed by atoms with Gasteiger partial charge in [0.2, 0.25) is 11.4 Å². The molecule has 0 aliphatic rings. The van der Waals surface area contributed by atoms with Crippen LogP contribution in [0.4, 0.5) is 20.2 Å². The Labute approximate surface area is 174 Å². The Morgan fingerprint density at radius 1 is 1.06 bits per heavy atom. The zero-order valence-electron chi connectivity index (χ0n) is 15.8. The summed E-state index contributed by atoms with van der Waals surface area (Å²) in [4.78, 5) is 25.6. The Morgan fingerprint density at radius 3 is 2.45 bits per heavy atom. The third-order valence-corrected chi connectivity index (χ3v) is 4.58. The fourth-order valence-electron chi connectivity index (χ4n) is 3.03. The molecule has 0 aliphatic heterocycles. The molecule has 1 amide bonds. The summed E-state index contributed by atoms with van der Waals surface area (Å²) in [6.07, 6.45) is 2.89. The number of nitroso groups, excluding NO2 is 1. The lowest BCUT2D eigenvalue weighted by Gasteiger charge is -2.02. The molecule has 4 aromatic rings. The third-order valence-electron chi connectivity index (χ3n) is 4.58. The average molecular weight is 421 g/mol. The minimum atomic E-state index is -0.803. The van der Waals surface area contributed by atoms with E-state index in [9.17, 15) is 23.7 Å². The number of imidazole rings is 1. The number of carbonyl (C=O) groups is 1. The highest BCUT2D eigenvalue weighted by atomic mass is 19.1. The van der Waals surface area contributed by atoms with E-state index in [0.29, 0.717) is 16.8 Å². The summed E-state index contributed by atoms with van der Waals surface area (Å²) in [6, 6.07) is 14.5. The number of hydrogen-bond acceptors (Lipinski definition) is 4. The number of H-pyrrole nitrogens is 1. The number of nitrogens with zero attached hydrogens (tertiary/aromatic N) is 2. The smallest absolute Gasteiger partial charge is 0.327 e. The molecule has 1 heterocycles. The Bertz CT molecular complexity index is 1310. The molecule has 0 saturated heterocycles. The number of anilines is 1. The fourth-order valence-corrected chi connectivity index (χ4v) is 3.03. The van der Waals surface area contributed by atoms with E-state index in [-0.39, 0.29) is 28.6 Å². The van der Waals surface area contributed by atoms with Gasteiger partial charge in [-0.3, -0.25) is 4.79 Å². The maximum absolute atomic E-state index is 13.8. The molecule has 0 unspecified atom stereocenters. The van der Waals surface area contributed by atoms with Gasteiger partial charge < -0.3 is 10.5 Å². The van der Waals surface area contributed by atoms with E-state index in [4.69, 9.17) is 0 Å². The van der Waals surface area contributed by atoms with E-state index in [0.717, 1.165) is 16.9 Å². The van der Waals surface area contributed by atoms with Gasteiger partial charge in [0.15, 0.2) is 11.3 Å². The molecule has 0 saturated carbocycles. The summed E-state index contributed by atoms with van der Waals surface area (Å²) in [7, 11) is 0. The summed E-state index contributed by atoms with van der Waals surface area (Å²) < 4.78 is 27.5. The zero-order chi connectivity index (χ0) is 22.0. The first-order chi connectivity index (χ1) is 14.9. The zero-order valence-corrected chi connectivity index (χ0v) is 15.8. The largest absolute Gasteiger partial charge is 0.349 e. The summed E-state index contributed by atoms with van der Waals surface area (Å²) in [5.41, 5.74) is 1.81. The second kappa shape index (κ2) is 8.15. The number of halogens is 2. The quantitative estimate of drug-likeness (QED) is 0.189. The SMILES string of the molecule is O=Nc1cc2c(cc1F)[nH]c(-c1ccc(NC(=O)/C=C/c3ccc(F)cc3)cc1)[n+]2O. The monoisotopic (exact) mass is 421 g/mol. The second-order valence-electron chi connectivity index (χ2n) is 6.65. The number of nitrogens with one attached hydrogen (secondary N) is 2. The molecular formula is C22H15F2N4O3+.